The Hall–Kier alpha value is -1.00. The third kappa shape index (κ3) is 3.55. The summed E-state index contributed by atoms with van der Waals surface area (Å²) in [6, 6.07) is 6.66. The highest BCUT2D eigenvalue weighted by Crippen LogP contribution is 2.19. The number of benzene rings is 1. The summed E-state index contributed by atoms with van der Waals surface area (Å²) in [6.45, 7) is 4.32. The van der Waals surface area contributed by atoms with E-state index in [-0.39, 0.29) is 0 Å². The molecule has 20 heavy (non-hydrogen) atoms. The Morgan fingerprint density at radius 2 is 2.10 bits per heavy atom. The third-order valence-electron chi connectivity index (χ3n) is 3.62. The average molecular weight is 291 g/mol. The van der Waals surface area contributed by atoms with Crippen LogP contribution in [0.5, 0.6) is 0 Å². The maximum absolute atomic E-state index is 4.81. The minimum atomic E-state index is 0.845. The number of imidazole rings is 1. The number of hydrogen-bond acceptors (Lipinski definition) is 3. The summed E-state index contributed by atoms with van der Waals surface area (Å²) in [4.78, 5) is 7.04. The van der Waals surface area contributed by atoms with E-state index in [2.05, 4.69) is 61.3 Å². The van der Waals surface area contributed by atoms with Gasteiger partial charge in [0.25, 0.3) is 0 Å². The lowest BCUT2D eigenvalue weighted by Gasteiger charge is -2.12. The van der Waals surface area contributed by atoms with Gasteiger partial charge in [-0.2, -0.15) is 12.6 Å². The van der Waals surface area contributed by atoms with Gasteiger partial charge in [0, 0.05) is 13.0 Å². The van der Waals surface area contributed by atoms with E-state index in [1.807, 2.05) is 0 Å². The second-order valence-electron chi connectivity index (χ2n) is 5.49. The maximum atomic E-state index is 4.81. The smallest absolute Gasteiger partial charge is 0.110 e. The molecule has 0 saturated heterocycles. The average Bonchev–Trinajstić information content (AvgIpc) is 2.76. The van der Waals surface area contributed by atoms with Crippen molar-refractivity contribution in [2.24, 2.45) is 0 Å². The highest BCUT2D eigenvalue weighted by Gasteiger charge is 2.10. The molecule has 0 fully saturated rings. The molecule has 0 spiro atoms. The molecule has 2 rings (SSSR count). The fourth-order valence-electron chi connectivity index (χ4n) is 2.53. The molecule has 0 unspecified atom stereocenters. The Balaban J connectivity index is 2.30. The quantitative estimate of drug-likeness (QED) is 0.792. The van der Waals surface area contributed by atoms with Crippen LogP contribution in [0.15, 0.2) is 18.2 Å². The highest BCUT2D eigenvalue weighted by atomic mass is 32.1. The van der Waals surface area contributed by atoms with Gasteiger partial charge < -0.3 is 9.47 Å². The number of thiol groups is 1. The second-order valence-corrected chi connectivity index (χ2v) is 5.93. The third-order valence-corrected chi connectivity index (χ3v) is 3.85. The largest absolute Gasteiger partial charge is 0.328 e. The van der Waals surface area contributed by atoms with Gasteiger partial charge in [-0.15, -0.1) is 0 Å². The standard InChI is InChI=1S/C16H25N3S/c1-4-13-6-7-15-14(12-13)17-16(8-11-20)19(15)10-5-9-18(2)3/h6-7,12,20H,4-5,8-11H2,1-3H3. The number of aromatic nitrogens is 2. The number of hydrogen-bond donors (Lipinski definition) is 1. The number of aryl methyl sites for hydroxylation is 3. The molecule has 110 valence electrons. The van der Waals surface area contributed by atoms with Crippen LogP contribution in [0.1, 0.15) is 24.7 Å². The van der Waals surface area contributed by atoms with Crippen molar-refractivity contribution >= 4 is 23.7 Å². The Labute approximate surface area is 127 Å². The van der Waals surface area contributed by atoms with E-state index in [0.29, 0.717) is 0 Å². The lowest BCUT2D eigenvalue weighted by molar-refractivity contribution is 0.386. The van der Waals surface area contributed by atoms with Crippen molar-refractivity contribution < 1.29 is 0 Å². The first-order chi connectivity index (χ1) is 9.65. The van der Waals surface area contributed by atoms with Gasteiger partial charge in [-0.05, 0) is 56.9 Å². The fourth-order valence-corrected chi connectivity index (χ4v) is 2.73. The Kier molecular flexibility index (Phi) is 5.49. The second kappa shape index (κ2) is 7.14. The van der Waals surface area contributed by atoms with Gasteiger partial charge in [0.05, 0.1) is 11.0 Å². The molecule has 4 heteroatoms. The van der Waals surface area contributed by atoms with Gasteiger partial charge in [-0.3, -0.25) is 0 Å². The zero-order valence-corrected chi connectivity index (χ0v) is 13.7. The lowest BCUT2D eigenvalue weighted by Crippen LogP contribution is -2.16. The van der Waals surface area contributed by atoms with Gasteiger partial charge in [0.15, 0.2) is 0 Å². The van der Waals surface area contributed by atoms with Gasteiger partial charge in [0.1, 0.15) is 5.82 Å². The summed E-state index contributed by atoms with van der Waals surface area (Å²) >= 11 is 4.36. The molecule has 1 aromatic carbocycles. The van der Waals surface area contributed by atoms with E-state index < -0.39 is 0 Å². The highest BCUT2D eigenvalue weighted by molar-refractivity contribution is 7.80. The first-order valence-electron chi connectivity index (χ1n) is 7.39. The van der Waals surface area contributed by atoms with Crippen LogP contribution >= 0.6 is 12.6 Å². The summed E-state index contributed by atoms with van der Waals surface area (Å²) in [5.41, 5.74) is 3.75. The summed E-state index contributed by atoms with van der Waals surface area (Å²) in [5, 5.41) is 0. The summed E-state index contributed by atoms with van der Waals surface area (Å²) in [6.07, 6.45) is 3.14. The van der Waals surface area contributed by atoms with Crippen LogP contribution in [0.3, 0.4) is 0 Å². The molecule has 0 aliphatic rings. The topological polar surface area (TPSA) is 21.1 Å². The molecule has 0 atom stereocenters. The molecule has 1 heterocycles. The molecule has 0 bridgehead atoms. The minimum absolute atomic E-state index is 0.845. The van der Waals surface area contributed by atoms with E-state index in [1.165, 1.54) is 16.9 Å². The van der Waals surface area contributed by atoms with Crippen LogP contribution in [-0.4, -0.2) is 40.8 Å². The van der Waals surface area contributed by atoms with Crippen LogP contribution in [-0.2, 0) is 19.4 Å². The molecular weight excluding hydrogens is 266 g/mol. The first kappa shape index (κ1) is 15.4. The summed E-state index contributed by atoms with van der Waals surface area (Å²) in [5.74, 6) is 2.01. The molecule has 0 aliphatic heterocycles. The predicted octanol–water partition coefficient (Wildman–Crippen LogP) is 3.02. The van der Waals surface area contributed by atoms with E-state index >= 15 is 0 Å². The Morgan fingerprint density at radius 3 is 2.75 bits per heavy atom. The molecule has 2 aromatic rings. The van der Waals surface area contributed by atoms with E-state index in [4.69, 9.17) is 4.98 Å². The Morgan fingerprint density at radius 1 is 1.30 bits per heavy atom. The number of rotatable bonds is 7. The SMILES string of the molecule is CCc1ccc2c(c1)nc(CCS)n2CCCN(C)C. The van der Waals surface area contributed by atoms with Crippen molar-refractivity contribution in [3.8, 4) is 0 Å². The van der Waals surface area contributed by atoms with Crippen LogP contribution in [0.25, 0.3) is 11.0 Å². The normalized spacial score (nSPS) is 11.7. The zero-order chi connectivity index (χ0) is 14.5. The van der Waals surface area contributed by atoms with Crippen molar-refractivity contribution in [2.75, 3.05) is 26.4 Å². The first-order valence-corrected chi connectivity index (χ1v) is 8.02. The van der Waals surface area contributed by atoms with Gasteiger partial charge >= 0.3 is 0 Å². The molecule has 0 saturated carbocycles. The van der Waals surface area contributed by atoms with E-state index in [0.717, 1.165) is 43.6 Å². The maximum Gasteiger partial charge on any atom is 0.110 e. The molecule has 0 aliphatic carbocycles. The monoisotopic (exact) mass is 291 g/mol. The Bertz CT molecular complexity index is 560. The van der Waals surface area contributed by atoms with Crippen molar-refractivity contribution in [2.45, 2.75) is 32.7 Å². The molecule has 0 radical (unpaired) electrons. The van der Waals surface area contributed by atoms with Crippen LogP contribution in [0.4, 0.5) is 0 Å². The summed E-state index contributed by atoms with van der Waals surface area (Å²) in [7, 11) is 4.24. The van der Waals surface area contributed by atoms with Gasteiger partial charge in [-0.1, -0.05) is 13.0 Å². The lowest BCUT2D eigenvalue weighted by atomic mass is 10.1. The van der Waals surface area contributed by atoms with Crippen molar-refractivity contribution in [1.29, 1.82) is 0 Å². The molecule has 1 aromatic heterocycles. The zero-order valence-electron chi connectivity index (χ0n) is 12.8. The molecular formula is C16H25N3S. The van der Waals surface area contributed by atoms with Crippen LogP contribution in [0.2, 0.25) is 0 Å². The number of nitrogens with zero attached hydrogens (tertiary/aromatic N) is 3. The van der Waals surface area contributed by atoms with Crippen LogP contribution in [0, 0.1) is 0 Å². The van der Waals surface area contributed by atoms with Crippen molar-refractivity contribution in [3.05, 3.63) is 29.6 Å². The minimum Gasteiger partial charge on any atom is -0.328 e. The van der Waals surface area contributed by atoms with E-state index in [9.17, 15) is 0 Å². The van der Waals surface area contributed by atoms with Gasteiger partial charge in [-0.25, -0.2) is 4.98 Å². The van der Waals surface area contributed by atoms with Crippen molar-refractivity contribution in [1.82, 2.24) is 14.5 Å². The number of fused-ring (bicyclic) bond motifs is 1. The fraction of sp³-hybridized carbons (Fsp3) is 0.562. The van der Waals surface area contributed by atoms with Crippen molar-refractivity contribution in [3.63, 3.8) is 0 Å². The predicted molar refractivity (Wildman–Crippen MR) is 89.8 cm³/mol. The molecule has 0 N–H and O–H groups in total. The molecule has 3 nitrogen and oxygen atoms in total. The van der Waals surface area contributed by atoms with Crippen LogP contribution < -0.4 is 0 Å². The summed E-state index contributed by atoms with van der Waals surface area (Å²) < 4.78 is 2.37. The molecule has 0 amide bonds. The van der Waals surface area contributed by atoms with Gasteiger partial charge in [0.2, 0.25) is 0 Å². The van der Waals surface area contributed by atoms with E-state index in [1.54, 1.807) is 0 Å².